The summed E-state index contributed by atoms with van der Waals surface area (Å²) in [5.74, 6) is -0.253. The lowest BCUT2D eigenvalue weighted by molar-refractivity contribution is 0.0267. The Morgan fingerprint density at radius 1 is 0.615 bits per heavy atom. The van der Waals surface area contributed by atoms with Crippen LogP contribution < -0.4 is 0 Å². The van der Waals surface area contributed by atoms with Gasteiger partial charge in [-0.1, -0.05) is 78.9 Å². The Labute approximate surface area is 150 Å². The summed E-state index contributed by atoms with van der Waals surface area (Å²) < 4.78 is 6.20. The van der Waals surface area contributed by atoms with E-state index in [-0.39, 0.29) is 5.97 Å². The zero-order valence-electron chi connectivity index (χ0n) is 13.9. The van der Waals surface area contributed by atoms with E-state index in [1.54, 1.807) is 0 Å². The number of benzene rings is 4. The molecule has 0 atom stereocenters. The molecule has 4 aromatic rings. The van der Waals surface area contributed by atoms with Crippen molar-refractivity contribution in [3.63, 3.8) is 0 Å². The van der Waals surface area contributed by atoms with Crippen LogP contribution in [0.1, 0.15) is 27.0 Å². The molecule has 2 aliphatic rings. The molecule has 0 saturated heterocycles. The molecule has 0 bridgehead atoms. The van der Waals surface area contributed by atoms with E-state index < -0.39 is 5.60 Å². The second kappa shape index (κ2) is 4.61. The highest BCUT2D eigenvalue weighted by atomic mass is 16.6. The van der Waals surface area contributed by atoms with Gasteiger partial charge in [0.1, 0.15) is 0 Å². The van der Waals surface area contributed by atoms with Gasteiger partial charge in [-0.25, -0.2) is 4.79 Å². The van der Waals surface area contributed by atoms with E-state index in [4.69, 9.17) is 4.74 Å². The van der Waals surface area contributed by atoms with Crippen LogP contribution >= 0.6 is 0 Å². The summed E-state index contributed by atoms with van der Waals surface area (Å²) in [5.41, 5.74) is 5.14. The van der Waals surface area contributed by atoms with E-state index in [1.807, 2.05) is 48.5 Å². The van der Waals surface area contributed by atoms with Crippen molar-refractivity contribution in [2.75, 3.05) is 0 Å². The summed E-state index contributed by atoms with van der Waals surface area (Å²) in [6.07, 6.45) is 0. The zero-order chi connectivity index (χ0) is 17.3. The van der Waals surface area contributed by atoms with E-state index in [2.05, 4.69) is 36.4 Å². The maximum Gasteiger partial charge on any atom is 0.340 e. The number of carbonyl (C=O) groups is 1. The van der Waals surface area contributed by atoms with Gasteiger partial charge >= 0.3 is 5.97 Å². The zero-order valence-corrected chi connectivity index (χ0v) is 13.9. The molecule has 1 heterocycles. The first-order chi connectivity index (χ1) is 12.8. The number of carbonyl (C=O) groups excluding carboxylic acids is 1. The van der Waals surface area contributed by atoms with Crippen molar-refractivity contribution in [1.29, 1.82) is 0 Å². The lowest BCUT2D eigenvalue weighted by atomic mass is 9.81. The van der Waals surface area contributed by atoms with Gasteiger partial charge in [0.2, 0.25) is 0 Å². The quantitative estimate of drug-likeness (QED) is 0.409. The first-order valence-corrected chi connectivity index (χ1v) is 8.76. The minimum atomic E-state index is -0.861. The van der Waals surface area contributed by atoms with Crippen LogP contribution in [0.4, 0.5) is 0 Å². The molecule has 0 saturated carbocycles. The first-order valence-electron chi connectivity index (χ1n) is 8.76. The van der Waals surface area contributed by atoms with Crippen molar-refractivity contribution in [1.82, 2.24) is 0 Å². The maximum absolute atomic E-state index is 12.9. The van der Waals surface area contributed by atoms with Crippen LogP contribution in [0.25, 0.3) is 21.9 Å². The Bertz CT molecular complexity index is 1190. The highest BCUT2D eigenvalue weighted by Gasteiger charge is 2.54. The van der Waals surface area contributed by atoms with E-state index >= 15 is 0 Å². The minimum absolute atomic E-state index is 0.253. The van der Waals surface area contributed by atoms with Gasteiger partial charge in [0.15, 0.2) is 5.60 Å². The molecule has 2 heteroatoms. The molecule has 1 spiro atoms. The third-order valence-corrected chi connectivity index (χ3v) is 5.65. The second-order valence-corrected chi connectivity index (χ2v) is 6.87. The molecule has 4 aromatic carbocycles. The minimum Gasteiger partial charge on any atom is -0.441 e. The third-order valence-electron chi connectivity index (χ3n) is 5.65. The Morgan fingerprint density at radius 2 is 1.23 bits per heavy atom. The molecule has 0 unspecified atom stereocenters. The predicted molar refractivity (Wildman–Crippen MR) is 101 cm³/mol. The van der Waals surface area contributed by atoms with Crippen molar-refractivity contribution in [2.24, 2.45) is 0 Å². The topological polar surface area (TPSA) is 26.3 Å². The number of fused-ring (bicyclic) bond motifs is 9. The monoisotopic (exact) mass is 334 g/mol. The van der Waals surface area contributed by atoms with Gasteiger partial charge in [0, 0.05) is 16.7 Å². The highest BCUT2D eigenvalue weighted by Crippen LogP contribution is 2.57. The standard InChI is InChI=1S/C24H14O2/c25-23-19-14-13-15-7-1-2-8-16(15)22(19)24(26-23)20-11-5-3-9-17(20)18-10-4-6-12-21(18)24/h1-14H. The molecule has 0 aromatic heterocycles. The van der Waals surface area contributed by atoms with Gasteiger partial charge in [0.05, 0.1) is 5.56 Å². The van der Waals surface area contributed by atoms with E-state index in [0.29, 0.717) is 5.56 Å². The van der Waals surface area contributed by atoms with Crippen molar-refractivity contribution >= 4 is 16.7 Å². The molecule has 26 heavy (non-hydrogen) atoms. The Morgan fingerprint density at radius 3 is 1.96 bits per heavy atom. The fraction of sp³-hybridized carbons (Fsp3) is 0.0417. The molecule has 122 valence electrons. The van der Waals surface area contributed by atoms with Crippen molar-refractivity contribution in [2.45, 2.75) is 5.60 Å². The predicted octanol–water partition coefficient (Wildman–Crippen LogP) is 5.28. The normalized spacial score (nSPS) is 15.6. The SMILES string of the molecule is O=C1OC2(c3ccccc3-c3ccccc32)c2c1ccc1ccccc21. The number of hydrogen-bond acceptors (Lipinski definition) is 2. The van der Waals surface area contributed by atoms with Crippen LogP contribution in [0.2, 0.25) is 0 Å². The summed E-state index contributed by atoms with van der Waals surface area (Å²) in [5, 5.41) is 2.19. The molecular formula is C24H14O2. The maximum atomic E-state index is 12.9. The van der Waals surface area contributed by atoms with Crippen LogP contribution in [0.5, 0.6) is 0 Å². The number of ether oxygens (including phenoxy) is 1. The molecule has 0 fully saturated rings. The third kappa shape index (κ3) is 1.46. The highest BCUT2D eigenvalue weighted by molar-refractivity contribution is 6.05. The van der Waals surface area contributed by atoms with E-state index in [1.165, 1.54) is 0 Å². The fourth-order valence-corrected chi connectivity index (χ4v) is 4.64. The Hall–Kier alpha value is -3.39. The fourth-order valence-electron chi connectivity index (χ4n) is 4.64. The van der Waals surface area contributed by atoms with Crippen molar-refractivity contribution < 1.29 is 9.53 Å². The number of esters is 1. The van der Waals surface area contributed by atoms with Gasteiger partial charge < -0.3 is 4.74 Å². The van der Waals surface area contributed by atoms with Gasteiger partial charge in [-0.3, -0.25) is 0 Å². The summed E-state index contributed by atoms with van der Waals surface area (Å²) in [7, 11) is 0. The molecule has 1 aliphatic carbocycles. The van der Waals surface area contributed by atoms with Gasteiger partial charge in [-0.05, 0) is 28.0 Å². The lowest BCUT2D eigenvalue weighted by Gasteiger charge is -2.27. The van der Waals surface area contributed by atoms with E-state index in [9.17, 15) is 4.79 Å². The summed E-state index contributed by atoms with van der Waals surface area (Å²) in [4.78, 5) is 12.9. The number of rotatable bonds is 0. The summed E-state index contributed by atoms with van der Waals surface area (Å²) in [6, 6.07) is 28.6. The molecular weight excluding hydrogens is 320 g/mol. The van der Waals surface area contributed by atoms with Gasteiger partial charge in [-0.2, -0.15) is 0 Å². The summed E-state index contributed by atoms with van der Waals surface area (Å²) in [6.45, 7) is 0. The molecule has 0 amide bonds. The smallest absolute Gasteiger partial charge is 0.340 e. The van der Waals surface area contributed by atoms with Gasteiger partial charge in [0.25, 0.3) is 0 Å². The first kappa shape index (κ1) is 13.9. The largest absolute Gasteiger partial charge is 0.441 e. The lowest BCUT2D eigenvalue weighted by Crippen LogP contribution is -2.27. The van der Waals surface area contributed by atoms with E-state index in [0.717, 1.165) is 38.6 Å². The Kier molecular flexibility index (Phi) is 2.46. The summed E-state index contributed by atoms with van der Waals surface area (Å²) >= 11 is 0. The average Bonchev–Trinajstić information content (AvgIpc) is 3.16. The average molecular weight is 334 g/mol. The molecule has 2 nitrogen and oxygen atoms in total. The molecule has 0 radical (unpaired) electrons. The number of hydrogen-bond donors (Lipinski definition) is 0. The molecule has 1 aliphatic heterocycles. The van der Waals surface area contributed by atoms with Crippen LogP contribution in [0.3, 0.4) is 0 Å². The van der Waals surface area contributed by atoms with Crippen LogP contribution in [-0.4, -0.2) is 5.97 Å². The van der Waals surface area contributed by atoms with Crippen molar-refractivity contribution in [3.8, 4) is 11.1 Å². The van der Waals surface area contributed by atoms with Crippen LogP contribution in [0, 0.1) is 0 Å². The van der Waals surface area contributed by atoms with Crippen LogP contribution in [0.15, 0.2) is 84.9 Å². The van der Waals surface area contributed by atoms with Gasteiger partial charge in [-0.15, -0.1) is 0 Å². The Balaban J connectivity index is 1.85. The van der Waals surface area contributed by atoms with Crippen molar-refractivity contribution in [3.05, 3.63) is 107 Å². The molecule has 6 rings (SSSR count). The molecule has 0 N–H and O–H groups in total. The second-order valence-electron chi connectivity index (χ2n) is 6.87. The van der Waals surface area contributed by atoms with Crippen LogP contribution in [-0.2, 0) is 10.3 Å².